The van der Waals surface area contributed by atoms with Crippen molar-refractivity contribution < 1.29 is 14.6 Å². The molecular weight excluding hydrogens is 196 g/mol. The number of rotatable bonds is 6. The molecule has 1 heterocycles. The van der Waals surface area contributed by atoms with Gasteiger partial charge in [0.2, 0.25) is 0 Å². The molecule has 0 fully saturated rings. The van der Waals surface area contributed by atoms with Crippen molar-refractivity contribution in [2.45, 2.75) is 6.04 Å². The van der Waals surface area contributed by atoms with E-state index >= 15 is 0 Å². The van der Waals surface area contributed by atoms with Crippen LogP contribution in [-0.4, -0.2) is 36.3 Å². The molecule has 0 aliphatic rings. The number of methoxy groups -OCH3 is 1. The minimum Gasteiger partial charge on any atom is -0.480 e. The summed E-state index contributed by atoms with van der Waals surface area (Å²) in [6.07, 6.45) is 3.15. The summed E-state index contributed by atoms with van der Waals surface area (Å²) in [7, 11) is 1.57. The molecule has 1 aromatic rings. The van der Waals surface area contributed by atoms with Gasteiger partial charge >= 0.3 is 5.97 Å². The molecule has 82 valence electrons. The zero-order valence-corrected chi connectivity index (χ0v) is 8.51. The van der Waals surface area contributed by atoms with Crippen LogP contribution in [0.25, 0.3) is 0 Å². The monoisotopic (exact) mass is 210 g/mol. The molecule has 0 bridgehead atoms. The first-order valence-corrected chi connectivity index (χ1v) is 4.60. The van der Waals surface area contributed by atoms with Crippen LogP contribution in [0.3, 0.4) is 0 Å². The average molecular weight is 210 g/mol. The summed E-state index contributed by atoms with van der Waals surface area (Å²) in [5, 5.41) is 11.9. The fraction of sp³-hybridized carbons (Fsp3) is 0.400. The number of aromatic nitrogens is 1. The van der Waals surface area contributed by atoms with Crippen molar-refractivity contribution in [3.63, 3.8) is 0 Å². The number of nitrogens with zero attached hydrogens (tertiary/aromatic N) is 1. The summed E-state index contributed by atoms with van der Waals surface area (Å²) in [6.45, 7) is 0.965. The highest BCUT2D eigenvalue weighted by atomic mass is 16.5. The Balaban J connectivity index is 2.62. The molecule has 0 aromatic carbocycles. The van der Waals surface area contributed by atoms with Crippen LogP contribution in [0.2, 0.25) is 0 Å². The number of aliphatic carboxylic acids is 1. The predicted molar refractivity (Wildman–Crippen MR) is 54.5 cm³/mol. The fourth-order valence-corrected chi connectivity index (χ4v) is 1.20. The first kappa shape index (κ1) is 11.6. The van der Waals surface area contributed by atoms with Crippen LogP contribution in [0.4, 0.5) is 0 Å². The van der Waals surface area contributed by atoms with E-state index in [1.54, 1.807) is 31.6 Å². The molecule has 0 aliphatic carbocycles. The highest BCUT2D eigenvalue weighted by Crippen LogP contribution is 2.10. The van der Waals surface area contributed by atoms with E-state index in [4.69, 9.17) is 9.84 Å². The molecule has 5 nitrogen and oxygen atoms in total. The van der Waals surface area contributed by atoms with Gasteiger partial charge in [0.1, 0.15) is 6.04 Å². The lowest BCUT2D eigenvalue weighted by Crippen LogP contribution is -2.31. The first-order chi connectivity index (χ1) is 7.25. The van der Waals surface area contributed by atoms with Crippen molar-refractivity contribution in [3.8, 4) is 0 Å². The van der Waals surface area contributed by atoms with Crippen LogP contribution in [0.15, 0.2) is 24.5 Å². The average Bonchev–Trinajstić information content (AvgIpc) is 2.25. The molecule has 1 atom stereocenters. The second-order valence-corrected chi connectivity index (χ2v) is 3.00. The number of ether oxygens (including phenoxy) is 1. The summed E-state index contributed by atoms with van der Waals surface area (Å²) in [4.78, 5) is 14.8. The lowest BCUT2D eigenvalue weighted by Gasteiger charge is -2.13. The van der Waals surface area contributed by atoms with Gasteiger partial charge in [-0.1, -0.05) is 6.07 Å². The SMILES string of the molecule is COCCNC(C(=O)O)c1cccnc1. The Bertz CT molecular complexity index is 303. The Morgan fingerprint density at radius 2 is 2.53 bits per heavy atom. The first-order valence-electron chi connectivity index (χ1n) is 4.60. The van der Waals surface area contributed by atoms with Gasteiger partial charge < -0.3 is 9.84 Å². The van der Waals surface area contributed by atoms with E-state index in [2.05, 4.69) is 10.3 Å². The molecule has 1 unspecified atom stereocenters. The summed E-state index contributed by atoms with van der Waals surface area (Å²) in [5.41, 5.74) is 0.640. The van der Waals surface area contributed by atoms with Gasteiger partial charge in [0.25, 0.3) is 0 Å². The van der Waals surface area contributed by atoms with Crippen LogP contribution >= 0.6 is 0 Å². The standard InChI is InChI=1S/C10H14N2O3/c1-15-6-5-12-9(10(13)14)8-3-2-4-11-7-8/h2-4,7,9,12H,5-6H2,1H3,(H,13,14). The molecule has 15 heavy (non-hydrogen) atoms. The molecule has 0 amide bonds. The van der Waals surface area contributed by atoms with Crippen LogP contribution in [-0.2, 0) is 9.53 Å². The molecule has 1 rings (SSSR count). The third-order valence-electron chi connectivity index (χ3n) is 1.92. The van der Waals surface area contributed by atoms with E-state index in [9.17, 15) is 4.79 Å². The Kier molecular flexibility index (Phi) is 4.73. The zero-order chi connectivity index (χ0) is 11.1. The molecule has 0 aliphatic heterocycles. The van der Waals surface area contributed by atoms with Crippen molar-refractivity contribution in [3.05, 3.63) is 30.1 Å². The van der Waals surface area contributed by atoms with Crippen LogP contribution in [0, 0.1) is 0 Å². The van der Waals surface area contributed by atoms with E-state index in [1.807, 2.05) is 0 Å². The van der Waals surface area contributed by atoms with Gasteiger partial charge in [0, 0.05) is 26.0 Å². The second-order valence-electron chi connectivity index (χ2n) is 3.00. The van der Waals surface area contributed by atoms with Gasteiger partial charge in [-0.15, -0.1) is 0 Å². The number of pyridine rings is 1. The highest BCUT2D eigenvalue weighted by Gasteiger charge is 2.18. The normalized spacial score (nSPS) is 12.3. The minimum absolute atomic E-state index is 0.476. The third kappa shape index (κ3) is 3.65. The number of carboxylic acid groups (broad SMARTS) is 1. The summed E-state index contributed by atoms with van der Waals surface area (Å²) in [5.74, 6) is -0.917. The van der Waals surface area contributed by atoms with Crippen LogP contribution in [0.5, 0.6) is 0 Å². The molecule has 0 saturated carbocycles. The minimum atomic E-state index is -0.917. The lowest BCUT2D eigenvalue weighted by atomic mass is 10.1. The Morgan fingerprint density at radius 1 is 1.73 bits per heavy atom. The maximum Gasteiger partial charge on any atom is 0.325 e. The Hall–Kier alpha value is -1.46. The van der Waals surface area contributed by atoms with E-state index < -0.39 is 12.0 Å². The zero-order valence-electron chi connectivity index (χ0n) is 8.51. The van der Waals surface area contributed by atoms with E-state index in [0.29, 0.717) is 18.7 Å². The molecule has 2 N–H and O–H groups in total. The number of hydrogen-bond donors (Lipinski definition) is 2. The van der Waals surface area contributed by atoms with Gasteiger partial charge in [0.05, 0.1) is 6.61 Å². The van der Waals surface area contributed by atoms with Crippen LogP contribution in [0.1, 0.15) is 11.6 Å². The quantitative estimate of drug-likeness (QED) is 0.667. The van der Waals surface area contributed by atoms with Gasteiger partial charge in [-0.25, -0.2) is 0 Å². The maximum absolute atomic E-state index is 11.0. The Morgan fingerprint density at radius 3 is 3.07 bits per heavy atom. The van der Waals surface area contributed by atoms with Gasteiger partial charge in [-0.2, -0.15) is 0 Å². The molecule has 1 aromatic heterocycles. The number of nitrogens with one attached hydrogen (secondary N) is 1. The van der Waals surface area contributed by atoms with Crippen molar-refractivity contribution in [1.29, 1.82) is 0 Å². The number of hydrogen-bond acceptors (Lipinski definition) is 4. The molecule has 0 radical (unpaired) electrons. The van der Waals surface area contributed by atoms with Crippen molar-refractivity contribution in [2.24, 2.45) is 0 Å². The van der Waals surface area contributed by atoms with Gasteiger partial charge in [-0.05, 0) is 11.6 Å². The summed E-state index contributed by atoms with van der Waals surface area (Å²) < 4.78 is 4.84. The predicted octanol–water partition coefficient (Wildman–Crippen LogP) is 0.443. The summed E-state index contributed by atoms with van der Waals surface area (Å²) in [6, 6.07) is 2.71. The third-order valence-corrected chi connectivity index (χ3v) is 1.92. The van der Waals surface area contributed by atoms with Crippen molar-refractivity contribution in [1.82, 2.24) is 10.3 Å². The molecule has 0 saturated heterocycles. The summed E-state index contributed by atoms with van der Waals surface area (Å²) >= 11 is 0. The smallest absolute Gasteiger partial charge is 0.325 e. The van der Waals surface area contributed by atoms with E-state index in [1.165, 1.54) is 0 Å². The largest absolute Gasteiger partial charge is 0.480 e. The molecular formula is C10H14N2O3. The van der Waals surface area contributed by atoms with E-state index in [-0.39, 0.29) is 0 Å². The second kappa shape index (κ2) is 6.10. The topological polar surface area (TPSA) is 71.5 Å². The van der Waals surface area contributed by atoms with Crippen molar-refractivity contribution in [2.75, 3.05) is 20.3 Å². The number of carbonyl (C=O) groups is 1. The van der Waals surface area contributed by atoms with Crippen LogP contribution < -0.4 is 5.32 Å². The van der Waals surface area contributed by atoms with E-state index in [0.717, 1.165) is 0 Å². The maximum atomic E-state index is 11.0. The molecule has 0 spiro atoms. The van der Waals surface area contributed by atoms with Crippen molar-refractivity contribution >= 4 is 5.97 Å². The number of carboxylic acids is 1. The van der Waals surface area contributed by atoms with Gasteiger partial charge in [0.15, 0.2) is 0 Å². The highest BCUT2D eigenvalue weighted by molar-refractivity contribution is 5.75. The van der Waals surface area contributed by atoms with Gasteiger partial charge in [-0.3, -0.25) is 15.1 Å². The fourth-order valence-electron chi connectivity index (χ4n) is 1.20. The Labute approximate surface area is 88.1 Å². The molecule has 5 heteroatoms. The lowest BCUT2D eigenvalue weighted by molar-refractivity contribution is -0.139.